The molecule has 1 amide bonds. The third kappa shape index (κ3) is 3.11. The highest BCUT2D eigenvalue weighted by atomic mass is 16.2. The lowest BCUT2D eigenvalue weighted by atomic mass is 10.2. The van der Waals surface area contributed by atoms with Crippen molar-refractivity contribution < 1.29 is 4.79 Å². The molecular weight excluding hydrogens is 290 g/mol. The van der Waals surface area contributed by atoms with E-state index in [0.29, 0.717) is 0 Å². The molecule has 0 spiro atoms. The number of rotatable bonds is 5. The Morgan fingerprint density at radius 3 is 2.78 bits per heavy atom. The second-order valence-corrected chi connectivity index (χ2v) is 5.98. The van der Waals surface area contributed by atoms with Crippen LogP contribution >= 0.6 is 0 Å². The van der Waals surface area contributed by atoms with Crippen molar-refractivity contribution in [2.45, 2.75) is 39.4 Å². The number of aromatic nitrogens is 4. The van der Waals surface area contributed by atoms with E-state index in [1.54, 1.807) is 6.33 Å². The van der Waals surface area contributed by atoms with Gasteiger partial charge in [0.15, 0.2) is 5.82 Å². The van der Waals surface area contributed by atoms with Crippen LogP contribution in [0.15, 0.2) is 42.9 Å². The molecule has 23 heavy (non-hydrogen) atoms. The van der Waals surface area contributed by atoms with E-state index in [9.17, 15) is 4.79 Å². The molecule has 6 nitrogen and oxygen atoms in total. The van der Waals surface area contributed by atoms with Crippen molar-refractivity contribution in [3.63, 3.8) is 0 Å². The third-order valence-electron chi connectivity index (χ3n) is 3.92. The van der Waals surface area contributed by atoms with E-state index in [1.807, 2.05) is 52.6 Å². The average Bonchev–Trinajstić information content (AvgIpc) is 3.14. The number of para-hydroxylation sites is 1. The fourth-order valence-electron chi connectivity index (χ4n) is 2.74. The number of hydrogen-bond donors (Lipinski definition) is 1. The lowest BCUT2D eigenvalue weighted by molar-refractivity contribution is -0.122. The number of hydrogen-bond acceptors (Lipinski definition) is 3. The van der Waals surface area contributed by atoms with E-state index >= 15 is 0 Å². The highest BCUT2D eigenvalue weighted by molar-refractivity contribution is 5.83. The first kappa shape index (κ1) is 15.3. The first-order valence-corrected chi connectivity index (χ1v) is 7.79. The van der Waals surface area contributed by atoms with Gasteiger partial charge in [0.2, 0.25) is 5.91 Å². The van der Waals surface area contributed by atoms with Gasteiger partial charge in [-0.25, -0.2) is 0 Å². The minimum absolute atomic E-state index is 0.0443. The molecular formula is C17H21N5O. The maximum atomic E-state index is 12.4. The number of amides is 1. The van der Waals surface area contributed by atoms with Crippen LogP contribution in [-0.2, 0) is 11.3 Å². The number of nitrogens with zero attached hydrogens (tertiary/aromatic N) is 4. The molecule has 0 aliphatic carbocycles. The smallest absolute Gasteiger partial charge is 0.240 e. The number of nitrogens with one attached hydrogen (secondary N) is 1. The lowest BCUT2D eigenvalue weighted by Gasteiger charge is -2.17. The Hall–Kier alpha value is -2.63. The summed E-state index contributed by atoms with van der Waals surface area (Å²) in [6, 6.07) is 10.1. The van der Waals surface area contributed by atoms with Gasteiger partial charge < -0.3 is 14.5 Å². The van der Waals surface area contributed by atoms with E-state index in [-0.39, 0.29) is 24.5 Å². The zero-order chi connectivity index (χ0) is 16.4. The zero-order valence-electron chi connectivity index (χ0n) is 13.6. The van der Waals surface area contributed by atoms with Crippen molar-refractivity contribution in [1.82, 2.24) is 24.6 Å². The standard InChI is InChI=1S/C17H21N5O/c1-12(2)22-11-18-20-17(22)13(3)19-16(23)10-21-9-8-14-6-4-5-7-15(14)21/h4-9,11-13H,10H2,1-3H3,(H,19,23)/t13-/m0/s1. The van der Waals surface area contributed by atoms with Gasteiger partial charge in [-0.1, -0.05) is 18.2 Å². The molecule has 2 heterocycles. The minimum Gasteiger partial charge on any atom is -0.345 e. The molecule has 0 bridgehead atoms. The van der Waals surface area contributed by atoms with E-state index in [1.165, 1.54) is 0 Å². The fourth-order valence-corrected chi connectivity index (χ4v) is 2.74. The summed E-state index contributed by atoms with van der Waals surface area (Å²) in [5, 5.41) is 12.2. The molecule has 0 saturated heterocycles. The molecule has 0 aliphatic heterocycles. The van der Waals surface area contributed by atoms with E-state index in [2.05, 4.69) is 29.4 Å². The molecule has 1 N–H and O–H groups in total. The Morgan fingerprint density at radius 1 is 1.22 bits per heavy atom. The van der Waals surface area contributed by atoms with Gasteiger partial charge >= 0.3 is 0 Å². The highest BCUT2D eigenvalue weighted by Gasteiger charge is 2.17. The summed E-state index contributed by atoms with van der Waals surface area (Å²) in [4.78, 5) is 12.4. The summed E-state index contributed by atoms with van der Waals surface area (Å²) in [7, 11) is 0. The first-order chi connectivity index (χ1) is 11.1. The third-order valence-corrected chi connectivity index (χ3v) is 3.92. The van der Waals surface area contributed by atoms with Crippen molar-refractivity contribution in [3.05, 3.63) is 48.7 Å². The Morgan fingerprint density at radius 2 is 2.00 bits per heavy atom. The largest absolute Gasteiger partial charge is 0.345 e. The summed E-state index contributed by atoms with van der Waals surface area (Å²) in [5.74, 6) is 0.725. The van der Waals surface area contributed by atoms with Crippen molar-refractivity contribution in [2.24, 2.45) is 0 Å². The molecule has 1 aromatic carbocycles. The molecule has 0 aliphatic rings. The second kappa shape index (κ2) is 6.24. The molecule has 0 unspecified atom stereocenters. The number of benzene rings is 1. The normalized spacial score (nSPS) is 12.7. The first-order valence-electron chi connectivity index (χ1n) is 7.79. The Labute approximate surface area is 135 Å². The average molecular weight is 311 g/mol. The van der Waals surface area contributed by atoms with Crippen LogP contribution in [-0.4, -0.2) is 25.2 Å². The summed E-state index contributed by atoms with van der Waals surface area (Å²) < 4.78 is 3.92. The summed E-state index contributed by atoms with van der Waals surface area (Å²) >= 11 is 0. The van der Waals surface area contributed by atoms with Crippen LogP contribution in [0.4, 0.5) is 0 Å². The van der Waals surface area contributed by atoms with Crippen molar-refractivity contribution in [3.8, 4) is 0 Å². The summed E-state index contributed by atoms with van der Waals surface area (Å²) in [6.07, 6.45) is 3.63. The Balaban J connectivity index is 1.70. The lowest BCUT2D eigenvalue weighted by Crippen LogP contribution is -2.31. The zero-order valence-corrected chi connectivity index (χ0v) is 13.6. The Bertz CT molecular complexity index is 817. The van der Waals surface area contributed by atoms with Crippen molar-refractivity contribution in [1.29, 1.82) is 0 Å². The van der Waals surface area contributed by atoms with Crippen LogP contribution in [0, 0.1) is 0 Å². The summed E-state index contributed by atoms with van der Waals surface area (Å²) in [6.45, 7) is 6.34. The van der Waals surface area contributed by atoms with Gasteiger partial charge in [0.25, 0.3) is 0 Å². The topological polar surface area (TPSA) is 64.7 Å². The van der Waals surface area contributed by atoms with Crippen LogP contribution in [0.2, 0.25) is 0 Å². The van der Waals surface area contributed by atoms with Crippen LogP contribution in [0.1, 0.15) is 38.7 Å². The predicted molar refractivity (Wildman–Crippen MR) is 88.9 cm³/mol. The van der Waals surface area contributed by atoms with Crippen LogP contribution in [0.5, 0.6) is 0 Å². The van der Waals surface area contributed by atoms with Gasteiger partial charge in [-0.15, -0.1) is 10.2 Å². The number of carbonyl (C=O) groups is 1. The monoisotopic (exact) mass is 311 g/mol. The maximum Gasteiger partial charge on any atom is 0.240 e. The van der Waals surface area contributed by atoms with Gasteiger partial charge in [0, 0.05) is 17.8 Å². The van der Waals surface area contributed by atoms with Gasteiger partial charge in [0.1, 0.15) is 12.9 Å². The number of carbonyl (C=O) groups excluding carboxylic acids is 1. The minimum atomic E-state index is -0.186. The van der Waals surface area contributed by atoms with Gasteiger partial charge in [-0.05, 0) is 38.3 Å². The quantitative estimate of drug-likeness (QED) is 0.788. The van der Waals surface area contributed by atoms with Gasteiger partial charge in [-0.3, -0.25) is 4.79 Å². The van der Waals surface area contributed by atoms with E-state index in [0.717, 1.165) is 16.7 Å². The Kier molecular flexibility index (Phi) is 4.14. The SMILES string of the molecule is CC(C)n1cnnc1[C@H](C)NC(=O)Cn1ccc2ccccc21. The maximum absolute atomic E-state index is 12.4. The molecule has 0 fully saturated rings. The van der Waals surface area contributed by atoms with Crippen molar-refractivity contribution in [2.75, 3.05) is 0 Å². The van der Waals surface area contributed by atoms with Gasteiger partial charge in [0.05, 0.1) is 6.04 Å². The van der Waals surface area contributed by atoms with Gasteiger partial charge in [-0.2, -0.15) is 0 Å². The molecule has 3 aromatic rings. The molecule has 3 rings (SSSR count). The molecule has 0 saturated carbocycles. The molecule has 6 heteroatoms. The molecule has 1 atom stereocenters. The van der Waals surface area contributed by atoms with Crippen molar-refractivity contribution >= 4 is 16.8 Å². The fraction of sp³-hybridized carbons (Fsp3) is 0.353. The van der Waals surface area contributed by atoms with E-state index in [4.69, 9.17) is 0 Å². The predicted octanol–water partition coefficient (Wildman–Crippen LogP) is 2.69. The van der Waals surface area contributed by atoms with Crippen LogP contribution in [0.25, 0.3) is 10.9 Å². The van der Waals surface area contributed by atoms with E-state index < -0.39 is 0 Å². The molecule has 120 valence electrons. The van der Waals surface area contributed by atoms with Crippen LogP contribution in [0.3, 0.4) is 0 Å². The van der Waals surface area contributed by atoms with Crippen LogP contribution < -0.4 is 5.32 Å². The molecule has 0 radical (unpaired) electrons. The summed E-state index contributed by atoms with van der Waals surface area (Å²) in [5.41, 5.74) is 1.06. The number of fused-ring (bicyclic) bond motifs is 1. The molecule has 2 aromatic heterocycles. The highest BCUT2D eigenvalue weighted by Crippen LogP contribution is 2.16. The second-order valence-electron chi connectivity index (χ2n) is 5.98.